The molecule has 1 aliphatic rings. The predicted molar refractivity (Wildman–Crippen MR) is 41.1 cm³/mol. The lowest BCUT2D eigenvalue weighted by Crippen LogP contribution is -2.34. The van der Waals surface area contributed by atoms with Gasteiger partial charge in [0, 0.05) is 19.5 Å². The highest BCUT2D eigenvalue weighted by molar-refractivity contribution is 5.18. The second-order valence-corrected chi connectivity index (χ2v) is 2.75. The molecule has 1 aromatic heterocycles. The summed E-state index contributed by atoms with van der Waals surface area (Å²) in [6.45, 7) is 1.34. The van der Waals surface area contributed by atoms with E-state index in [1.54, 1.807) is 0 Å². The molecule has 0 fully saturated rings. The standard InChI is InChI=1S/C7H9N3O2/c11-7-5-3-8-2-1-6(5)9-4-10(7)12/h4,8,12H,1-3H2. The molecule has 0 bridgehead atoms. The summed E-state index contributed by atoms with van der Waals surface area (Å²) in [5.74, 6) is 0. The monoisotopic (exact) mass is 167 g/mol. The van der Waals surface area contributed by atoms with Crippen molar-refractivity contribution in [1.82, 2.24) is 15.0 Å². The second-order valence-electron chi connectivity index (χ2n) is 2.75. The van der Waals surface area contributed by atoms with Crippen LogP contribution in [0.15, 0.2) is 11.1 Å². The lowest BCUT2D eigenvalue weighted by Gasteiger charge is -2.14. The predicted octanol–water partition coefficient (Wildman–Crippen LogP) is -0.874. The fourth-order valence-electron chi connectivity index (χ4n) is 1.33. The van der Waals surface area contributed by atoms with E-state index in [0.29, 0.717) is 16.8 Å². The average molecular weight is 167 g/mol. The molecule has 0 saturated heterocycles. The zero-order valence-corrected chi connectivity index (χ0v) is 6.45. The van der Waals surface area contributed by atoms with E-state index in [1.807, 2.05) is 0 Å². The summed E-state index contributed by atoms with van der Waals surface area (Å²) < 4.78 is 0.520. The minimum atomic E-state index is -0.368. The third-order valence-corrected chi connectivity index (χ3v) is 1.98. The van der Waals surface area contributed by atoms with Crippen LogP contribution in [0.5, 0.6) is 0 Å². The highest BCUT2D eigenvalue weighted by Crippen LogP contribution is 2.04. The van der Waals surface area contributed by atoms with Gasteiger partial charge in [-0.1, -0.05) is 0 Å². The molecule has 2 heterocycles. The molecule has 1 aromatic rings. The molecule has 64 valence electrons. The van der Waals surface area contributed by atoms with Gasteiger partial charge in [0.1, 0.15) is 6.33 Å². The number of aromatic nitrogens is 2. The van der Waals surface area contributed by atoms with E-state index in [9.17, 15) is 4.79 Å². The van der Waals surface area contributed by atoms with Gasteiger partial charge in [-0.25, -0.2) is 4.98 Å². The SMILES string of the molecule is O=c1c2c(ncn1O)CCNC2. The van der Waals surface area contributed by atoms with Crippen LogP contribution in [-0.2, 0) is 13.0 Å². The van der Waals surface area contributed by atoms with Crippen molar-refractivity contribution >= 4 is 0 Å². The van der Waals surface area contributed by atoms with Crippen LogP contribution in [0.1, 0.15) is 11.3 Å². The third kappa shape index (κ3) is 0.984. The third-order valence-electron chi connectivity index (χ3n) is 1.98. The Hall–Kier alpha value is -1.36. The van der Waals surface area contributed by atoms with Gasteiger partial charge in [-0.2, -0.15) is 0 Å². The molecule has 0 amide bonds. The highest BCUT2D eigenvalue weighted by atomic mass is 16.5. The lowest BCUT2D eigenvalue weighted by molar-refractivity contribution is 0.168. The topological polar surface area (TPSA) is 67.2 Å². The summed E-state index contributed by atoms with van der Waals surface area (Å²) in [4.78, 5) is 15.2. The van der Waals surface area contributed by atoms with Crippen LogP contribution in [0.4, 0.5) is 0 Å². The van der Waals surface area contributed by atoms with Gasteiger partial charge < -0.3 is 10.5 Å². The van der Waals surface area contributed by atoms with E-state index >= 15 is 0 Å². The normalized spacial score (nSPS) is 15.7. The van der Waals surface area contributed by atoms with E-state index in [0.717, 1.165) is 25.0 Å². The smallest absolute Gasteiger partial charge is 0.290 e. The van der Waals surface area contributed by atoms with Gasteiger partial charge >= 0.3 is 0 Å². The van der Waals surface area contributed by atoms with Crippen molar-refractivity contribution in [3.05, 3.63) is 27.9 Å². The first-order chi connectivity index (χ1) is 5.79. The zero-order valence-electron chi connectivity index (χ0n) is 6.45. The van der Waals surface area contributed by atoms with E-state index in [-0.39, 0.29) is 5.56 Å². The minimum absolute atomic E-state index is 0.368. The maximum absolute atomic E-state index is 11.2. The fraction of sp³-hybridized carbons (Fsp3) is 0.429. The number of fused-ring (bicyclic) bond motifs is 1. The first-order valence-electron chi connectivity index (χ1n) is 3.78. The van der Waals surface area contributed by atoms with Gasteiger partial charge in [0.15, 0.2) is 0 Å². The molecule has 1 aliphatic heterocycles. The average Bonchev–Trinajstić information content (AvgIpc) is 2.12. The molecule has 0 radical (unpaired) electrons. The highest BCUT2D eigenvalue weighted by Gasteiger charge is 2.14. The Bertz CT molecular complexity index is 358. The van der Waals surface area contributed by atoms with Gasteiger partial charge in [0.2, 0.25) is 0 Å². The molecule has 0 unspecified atom stereocenters. The van der Waals surface area contributed by atoms with Crippen LogP contribution in [-0.4, -0.2) is 21.5 Å². The Morgan fingerprint density at radius 3 is 3.33 bits per heavy atom. The summed E-state index contributed by atoms with van der Waals surface area (Å²) in [5, 5.41) is 12.0. The number of nitrogens with zero attached hydrogens (tertiary/aromatic N) is 2. The molecule has 12 heavy (non-hydrogen) atoms. The Morgan fingerprint density at radius 2 is 2.50 bits per heavy atom. The molecule has 5 nitrogen and oxygen atoms in total. The lowest BCUT2D eigenvalue weighted by atomic mass is 10.1. The van der Waals surface area contributed by atoms with Crippen molar-refractivity contribution in [1.29, 1.82) is 0 Å². The van der Waals surface area contributed by atoms with Gasteiger partial charge in [-0.15, -0.1) is 4.73 Å². The van der Waals surface area contributed by atoms with Crippen LogP contribution in [0.25, 0.3) is 0 Å². The Kier molecular flexibility index (Phi) is 1.58. The Labute approximate surface area is 68.6 Å². The molecular formula is C7H9N3O2. The molecule has 5 heteroatoms. The van der Waals surface area contributed by atoms with E-state index in [1.165, 1.54) is 0 Å². The maximum atomic E-state index is 11.2. The van der Waals surface area contributed by atoms with Crippen molar-refractivity contribution in [3.63, 3.8) is 0 Å². The summed E-state index contributed by atoms with van der Waals surface area (Å²) in [7, 11) is 0. The summed E-state index contributed by atoms with van der Waals surface area (Å²) in [6.07, 6.45) is 1.90. The molecular weight excluding hydrogens is 158 g/mol. The molecule has 2 N–H and O–H groups in total. The first kappa shape index (κ1) is 7.30. The molecule has 0 saturated carbocycles. The number of nitrogens with one attached hydrogen (secondary N) is 1. The summed E-state index contributed by atoms with van der Waals surface area (Å²) in [5.41, 5.74) is 1.00. The van der Waals surface area contributed by atoms with Crippen molar-refractivity contribution in [2.24, 2.45) is 0 Å². The van der Waals surface area contributed by atoms with Crippen LogP contribution < -0.4 is 10.9 Å². The van der Waals surface area contributed by atoms with Crippen LogP contribution in [0.2, 0.25) is 0 Å². The summed E-state index contributed by atoms with van der Waals surface area (Å²) >= 11 is 0. The second kappa shape index (κ2) is 2.60. The van der Waals surface area contributed by atoms with Crippen LogP contribution in [0.3, 0.4) is 0 Å². The van der Waals surface area contributed by atoms with Crippen molar-refractivity contribution in [2.75, 3.05) is 6.54 Å². The molecule has 0 aliphatic carbocycles. The minimum Gasteiger partial charge on any atom is -0.424 e. The Morgan fingerprint density at radius 1 is 1.67 bits per heavy atom. The number of hydrogen-bond donors (Lipinski definition) is 2. The van der Waals surface area contributed by atoms with Crippen molar-refractivity contribution < 1.29 is 5.21 Å². The first-order valence-corrected chi connectivity index (χ1v) is 3.78. The van der Waals surface area contributed by atoms with Gasteiger partial charge in [-0.05, 0) is 0 Å². The fourth-order valence-corrected chi connectivity index (χ4v) is 1.33. The largest absolute Gasteiger partial charge is 0.424 e. The van der Waals surface area contributed by atoms with Gasteiger partial charge in [-0.3, -0.25) is 4.79 Å². The maximum Gasteiger partial charge on any atom is 0.290 e. The molecule has 2 rings (SSSR count). The zero-order chi connectivity index (χ0) is 8.55. The molecule has 0 aromatic carbocycles. The molecule has 0 atom stereocenters. The van der Waals surface area contributed by atoms with E-state index in [4.69, 9.17) is 5.21 Å². The van der Waals surface area contributed by atoms with Gasteiger partial charge in [0.25, 0.3) is 5.56 Å². The van der Waals surface area contributed by atoms with Crippen molar-refractivity contribution in [3.8, 4) is 0 Å². The van der Waals surface area contributed by atoms with E-state index in [2.05, 4.69) is 10.3 Å². The quantitative estimate of drug-likeness (QED) is 0.493. The summed E-state index contributed by atoms with van der Waals surface area (Å²) in [6, 6.07) is 0. The van der Waals surface area contributed by atoms with Gasteiger partial charge in [0.05, 0.1) is 11.3 Å². The van der Waals surface area contributed by atoms with Crippen molar-refractivity contribution in [2.45, 2.75) is 13.0 Å². The number of rotatable bonds is 0. The Balaban J connectivity index is 2.62. The number of hydrogen-bond acceptors (Lipinski definition) is 4. The van der Waals surface area contributed by atoms with Crippen LogP contribution >= 0.6 is 0 Å². The van der Waals surface area contributed by atoms with Crippen LogP contribution in [0, 0.1) is 0 Å². The van der Waals surface area contributed by atoms with E-state index < -0.39 is 0 Å². The molecule has 0 spiro atoms.